The summed E-state index contributed by atoms with van der Waals surface area (Å²) in [6.07, 6.45) is 6.72. The van der Waals surface area contributed by atoms with Crippen LogP contribution < -0.4 is 5.73 Å². The highest BCUT2D eigenvalue weighted by Crippen LogP contribution is 2.21. The number of ether oxygens (including phenoxy) is 1. The van der Waals surface area contributed by atoms with E-state index in [9.17, 15) is 0 Å². The van der Waals surface area contributed by atoms with Gasteiger partial charge in [-0.2, -0.15) is 5.10 Å². The molecule has 3 unspecified atom stereocenters. The highest BCUT2D eigenvalue weighted by Gasteiger charge is 2.24. The molecule has 0 saturated heterocycles. The van der Waals surface area contributed by atoms with Crippen molar-refractivity contribution >= 4 is 0 Å². The Morgan fingerprint density at radius 1 is 1.59 bits per heavy atom. The van der Waals surface area contributed by atoms with Crippen LogP contribution in [0.2, 0.25) is 0 Å². The minimum atomic E-state index is 0.214. The fourth-order valence-corrected chi connectivity index (χ4v) is 2.24. The Morgan fingerprint density at radius 3 is 3.06 bits per heavy atom. The molecule has 3 atom stereocenters. The predicted molar refractivity (Wildman–Crippen MR) is 67.6 cm³/mol. The van der Waals surface area contributed by atoms with Crippen LogP contribution >= 0.6 is 0 Å². The van der Waals surface area contributed by atoms with E-state index in [1.165, 1.54) is 6.42 Å². The monoisotopic (exact) mass is 237 g/mol. The fraction of sp³-hybridized carbons (Fsp3) is 0.769. The standard InChI is InChI=1S/C13H23N3O/c1-3-10(2)16-8-7-11(15-16)9-17-13-6-4-5-12(13)14/h7-8,10,12-13H,3-6,9,14H2,1-2H3. The minimum Gasteiger partial charge on any atom is -0.370 e. The third kappa shape index (κ3) is 3.07. The van der Waals surface area contributed by atoms with E-state index in [-0.39, 0.29) is 12.1 Å². The Bertz CT molecular complexity index is 350. The summed E-state index contributed by atoms with van der Waals surface area (Å²) in [6.45, 7) is 4.92. The maximum Gasteiger partial charge on any atom is 0.0911 e. The molecule has 17 heavy (non-hydrogen) atoms. The molecule has 1 saturated carbocycles. The number of hydrogen-bond donors (Lipinski definition) is 1. The first-order valence-electron chi connectivity index (χ1n) is 6.62. The van der Waals surface area contributed by atoms with E-state index < -0.39 is 0 Å². The van der Waals surface area contributed by atoms with Crippen molar-refractivity contribution in [3.63, 3.8) is 0 Å². The van der Waals surface area contributed by atoms with E-state index in [4.69, 9.17) is 10.5 Å². The third-order valence-electron chi connectivity index (χ3n) is 3.65. The maximum atomic E-state index is 5.97. The van der Waals surface area contributed by atoms with Crippen molar-refractivity contribution in [3.8, 4) is 0 Å². The molecule has 2 N–H and O–H groups in total. The molecule has 1 aliphatic carbocycles. The second-order valence-electron chi connectivity index (χ2n) is 4.99. The summed E-state index contributed by atoms with van der Waals surface area (Å²) < 4.78 is 7.83. The maximum absolute atomic E-state index is 5.97. The second-order valence-corrected chi connectivity index (χ2v) is 4.99. The summed E-state index contributed by atoms with van der Waals surface area (Å²) in [5, 5.41) is 4.52. The molecule has 1 aromatic heterocycles. The molecule has 0 radical (unpaired) electrons. The van der Waals surface area contributed by atoms with Gasteiger partial charge < -0.3 is 10.5 Å². The Hall–Kier alpha value is -0.870. The lowest BCUT2D eigenvalue weighted by Gasteiger charge is -2.15. The van der Waals surface area contributed by atoms with Crippen LogP contribution in [0.1, 0.15) is 51.3 Å². The molecule has 0 aromatic carbocycles. The molecule has 1 aromatic rings. The van der Waals surface area contributed by atoms with Crippen molar-refractivity contribution in [1.82, 2.24) is 9.78 Å². The lowest BCUT2D eigenvalue weighted by molar-refractivity contribution is 0.0336. The Kier molecular flexibility index (Phi) is 4.18. The van der Waals surface area contributed by atoms with Gasteiger partial charge in [0.05, 0.1) is 18.4 Å². The van der Waals surface area contributed by atoms with Crippen LogP contribution in [0.5, 0.6) is 0 Å². The number of hydrogen-bond acceptors (Lipinski definition) is 3. The quantitative estimate of drug-likeness (QED) is 0.854. The molecular weight excluding hydrogens is 214 g/mol. The van der Waals surface area contributed by atoms with Crippen molar-refractivity contribution in [3.05, 3.63) is 18.0 Å². The smallest absolute Gasteiger partial charge is 0.0911 e. The van der Waals surface area contributed by atoms with Crippen molar-refractivity contribution in [2.24, 2.45) is 5.73 Å². The largest absolute Gasteiger partial charge is 0.370 e. The lowest BCUT2D eigenvalue weighted by atomic mass is 10.2. The van der Waals surface area contributed by atoms with Gasteiger partial charge in [0, 0.05) is 18.3 Å². The fourth-order valence-electron chi connectivity index (χ4n) is 2.24. The van der Waals surface area contributed by atoms with E-state index in [1.54, 1.807) is 0 Å². The van der Waals surface area contributed by atoms with Gasteiger partial charge in [0.15, 0.2) is 0 Å². The lowest BCUT2D eigenvalue weighted by Crippen LogP contribution is -2.31. The average Bonchev–Trinajstić information content (AvgIpc) is 2.94. The van der Waals surface area contributed by atoms with Crippen LogP contribution in [-0.2, 0) is 11.3 Å². The summed E-state index contributed by atoms with van der Waals surface area (Å²) in [4.78, 5) is 0. The first kappa shape index (κ1) is 12.6. The average molecular weight is 237 g/mol. The molecule has 0 spiro atoms. The van der Waals surface area contributed by atoms with Crippen LogP contribution in [0.3, 0.4) is 0 Å². The van der Waals surface area contributed by atoms with Crippen molar-refractivity contribution < 1.29 is 4.74 Å². The van der Waals surface area contributed by atoms with Crippen LogP contribution in [0.4, 0.5) is 0 Å². The number of nitrogens with zero attached hydrogens (tertiary/aromatic N) is 2. The summed E-state index contributed by atoms with van der Waals surface area (Å²) in [7, 11) is 0. The van der Waals surface area contributed by atoms with Crippen molar-refractivity contribution in [2.45, 2.75) is 64.3 Å². The first-order chi connectivity index (χ1) is 8.20. The summed E-state index contributed by atoms with van der Waals surface area (Å²) in [5.41, 5.74) is 6.97. The summed E-state index contributed by atoms with van der Waals surface area (Å²) >= 11 is 0. The van der Waals surface area contributed by atoms with E-state index in [1.807, 2.05) is 16.9 Å². The zero-order valence-corrected chi connectivity index (χ0v) is 10.8. The number of rotatable bonds is 5. The van der Waals surface area contributed by atoms with Crippen molar-refractivity contribution in [1.29, 1.82) is 0 Å². The van der Waals surface area contributed by atoms with E-state index in [0.29, 0.717) is 12.6 Å². The van der Waals surface area contributed by atoms with Gasteiger partial charge in [0.2, 0.25) is 0 Å². The SMILES string of the molecule is CCC(C)n1ccc(COC2CCCC2N)n1. The highest BCUT2D eigenvalue weighted by molar-refractivity contribution is 4.98. The van der Waals surface area contributed by atoms with Gasteiger partial charge in [-0.15, -0.1) is 0 Å². The van der Waals surface area contributed by atoms with E-state index >= 15 is 0 Å². The molecule has 1 aliphatic rings. The van der Waals surface area contributed by atoms with Gasteiger partial charge in [-0.25, -0.2) is 0 Å². The van der Waals surface area contributed by atoms with Gasteiger partial charge in [0.1, 0.15) is 0 Å². The highest BCUT2D eigenvalue weighted by atomic mass is 16.5. The molecule has 0 amide bonds. The normalized spacial score (nSPS) is 26.3. The Balaban J connectivity index is 1.84. The number of nitrogens with two attached hydrogens (primary N) is 1. The van der Waals surface area contributed by atoms with Crippen molar-refractivity contribution in [2.75, 3.05) is 0 Å². The topological polar surface area (TPSA) is 53.1 Å². The molecule has 4 heteroatoms. The van der Waals surface area contributed by atoms with Gasteiger partial charge in [0.25, 0.3) is 0 Å². The molecular formula is C13H23N3O. The van der Waals surface area contributed by atoms with Gasteiger partial charge in [-0.05, 0) is 38.7 Å². The van der Waals surface area contributed by atoms with Gasteiger partial charge >= 0.3 is 0 Å². The molecule has 0 aliphatic heterocycles. The second kappa shape index (κ2) is 5.65. The zero-order chi connectivity index (χ0) is 12.3. The van der Waals surface area contributed by atoms with Gasteiger partial charge in [-0.3, -0.25) is 4.68 Å². The molecule has 4 nitrogen and oxygen atoms in total. The predicted octanol–water partition coefficient (Wildman–Crippen LogP) is 2.25. The molecule has 96 valence electrons. The zero-order valence-electron chi connectivity index (χ0n) is 10.8. The summed E-state index contributed by atoms with van der Waals surface area (Å²) in [6, 6.07) is 2.70. The number of aromatic nitrogens is 2. The third-order valence-corrected chi connectivity index (χ3v) is 3.65. The van der Waals surface area contributed by atoms with E-state index in [0.717, 1.165) is 25.0 Å². The first-order valence-corrected chi connectivity index (χ1v) is 6.62. The van der Waals surface area contributed by atoms with Crippen LogP contribution in [-0.4, -0.2) is 21.9 Å². The van der Waals surface area contributed by atoms with Crippen LogP contribution in [0, 0.1) is 0 Å². The molecule has 2 rings (SSSR count). The van der Waals surface area contributed by atoms with Gasteiger partial charge in [-0.1, -0.05) is 6.92 Å². The van der Waals surface area contributed by atoms with Crippen LogP contribution in [0.15, 0.2) is 12.3 Å². The molecule has 1 heterocycles. The van der Waals surface area contributed by atoms with E-state index in [2.05, 4.69) is 18.9 Å². The summed E-state index contributed by atoms with van der Waals surface area (Å²) in [5.74, 6) is 0. The molecule has 0 bridgehead atoms. The van der Waals surface area contributed by atoms with Crippen LogP contribution in [0.25, 0.3) is 0 Å². The molecule has 1 fully saturated rings. The Morgan fingerprint density at radius 2 is 2.41 bits per heavy atom. The minimum absolute atomic E-state index is 0.214. The Labute approximate surface area is 103 Å².